The Bertz CT molecular complexity index is 792. The highest BCUT2D eigenvalue weighted by atomic mass is 35.5. The number of hydrogen-bond acceptors (Lipinski definition) is 2. The lowest BCUT2D eigenvalue weighted by molar-refractivity contribution is -0.118. The van der Waals surface area contributed by atoms with Gasteiger partial charge in [-0.1, -0.05) is 29.3 Å². The van der Waals surface area contributed by atoms with Gasteiger partial charge in [-0.15, -0.1) is 0 Å². The van der Waals surface area contributed by atoms with Crippen molar-refractivity contribution in [2.24, 2.45) is 0 Å². The fourth-order valence-corrected chi connectivity index (χ4v) is 2.91. The number of hydrogen-bond donors (Lipinski definition) is 1. The number of carbonyl (C=O) groups excluding carboxylic acids is 2. The molecule has 0 aromatic heterocycles. The first-order chi connectivity index (χ1) is 11.5. The number of nitrogens with zero attached hydrogens (tertiary/aromatic N) is 1. The molecule has 1 aliphatic heterocycles. The quantitative estimate of drug-likeness (QED) is 0.926. The van der Waals surface area contributed by atoms with E-state index in [4.69, 9.17) is 11.6 Å². The smallest absolute Gasteiger partial charge is 0.253 e. The lowest BCUT2D eigenvalue weighted by Crippen LogP contribution is -2.41. The first kappa shape index (κ1) is 16.5. The summed E-state index contributed by atoms with van der Waals surface area (Å²) in [5.74, 6) is -1.29. The number of nitrogens with one attached hydrogen (secondary N) is 1. The van der Waals surface area contributed by atoms with Gasteiger partial charge in [-0.3, -0.25) is 9.59 Å². The van der Waals surface area contributed by atoms with Gasteiger partial charge in [0.1, 0.15) is 11.9 Å². The maximum atomic E-state index is 13.3. The van der Waals surface area contributed by atoms with Crippen LogP contribution in [-0.2, 0) is 4.79 Å². The van der Waals surface area contributed by atoms with E-state index in [0.717, 1.165) is 17.3 Å². The third kappa shape index (κ3) is 3.26. The van der Waals surface area contributed by atoms with Crippen molar-refractivity contribution in [3.8, 4) is 0 Å². The van der Waals surface area contributed by atoms with Gasteiger partial charge in [-0.2, -0.15) is 0 Å². The predicted octanol–water partition coefficient (Wildman–Crippen LogP) is 3.32. The largest absolute Gasteiger partial charge is 0.340 e. The Morgan fingerprint density at radius 2 is 1.96 bits per heavy atom. The van der Waals surface area contributed by atoms with Crippen LogP contribution in [0.1, 0.15) is 22.3 Å². The molecule has 0 radical (unpaired) electrons. The van der Waals surface area contributed by atoms with Gasteiger partial charge in [-0.05, 0) is 43.7 Å². The second-order valence-electron chi connectivity index (χ2n) is 5.76. The summed E-state index contributed by atoms with van der Waals surface area (Å²) in [6.45, 7) is 2.49. The van der Waals surface area contributed by atoms with E-state index in [0.29, 0.717) is 13.0 Å². The molecule has 0 saturated carbocycles. The lowest BCUT2D eigenvalue weighted by Gasteiger charge is -2.17. The maximum absolute atomic E-state index is 13.3. The molecular weight excluding hydrogens is 331 g/mol. The summed E-state index contributed by atoms with van der Waals surface area (Å²) in [5.41, 5.74) is 1.93. The minimum Gasteiger partial charge on any atom is -0.340 e. The van der Waals surface area contributed by atoms with Crippen molar-refractivity contribution in [1.82, 2.24) is 5.32 Å². The summed E-state index contributed by atoms with van der Waals surface area (Å²) in [6, 6.07) is 10.5. The SMILES string of the molecule is Cc1ccc(N2CC[C@H](NC(=O)c3cc(F)ccc3Cl)C2=O)cc1. The van der Waals surface area contributed by atoms with Crippen molar-refractivity contribution in [3.63, 3.8) is 0 Å². The number of amides is 2. The van der Waals surface area contributed by atoms with Gasteiger partial charge in [0.25, 0.3) is 5.91 Å². The molecule has 0 bridgehead atoms. The van der Waals surface area contributed by atoms with Crippen LogP contribution in [0.15, 0.2) is 42.5 Å². The highest BCUT2D eigenvalue weighted by Gasteiger charge is 2.34. The van der Waals surface area contributed by atoms with Gasteiger partial charge in [0.05, 0.1) is 10.6 Å². The highest BCUT2D eigenvalue weighted by Crippen LogP contribution is 2.23. The number of aryl methyl sites for hydroxylation is 1. The molecule has 2 aromatic rings. The van der Waals surface area contributed by atoms with Crippen molar-refractivity contribution in [2.75, 3.05) is 11.4 Å². The van der Waals surface area contributed by atoms with Crippen LogP contribution >= 0.6 is 11.6 Å². The molecule has 6 heteroatoms. The first-order valence-electron chi connectivity index (χ1n) is 7.59. The van der Waals surface area contributed by atoms with Crippen LogP contribution < -0.4 is 10.2 Å². The van der Waals surface area contributed by atoms with E-state index in [-0.39, 0.29) is 16.5 Å². The molecular formula is C18H16ClFN2O2. The topological polar surface area (TPSA) is 49.4 Å². The van der Waals surface area contributed by atoms with E-state index >= 15 is 0 Å². The Morgan fingerprint density at radius 3 is 2.67 bits per heavy atom. The fourth-order valence-electron chi connectivity index (χ4n) is 2.70. The van der Waals surface area contributed by atoms with Crippen LogP contribution in [0, 0.1) is 12.7 Å². The predicted molar refractivity (Wildman–Crippen MR) is 90.8 cm³/mol. The van der Waals surface area contributed by atoms with E-state index in [1.807, 2.05) is 31.2 Å². The molecule has 24 heavy (non-hydrogen) atoms. The van der Waals surface area contributed by atoms with Gasteiger partial charge in [-0.25, -0.2) is 4.39 Å². The Morgan fingerprint density at radius 1 is 1.25 bits per heavy atom. The van der Waals surface area contributed by atoms with Crippen LogP contribution in [0.25, 0.3) is 0 Å². The average Bonchev–Trinajstić information content (AvgIpc) is 2.91. The number of halogens is 2. The van der Waals surface area contributed by atoms with Crippen molar-refractivity contribution >= 4 is 29.1 Å². The normalized spacial score (nSPS) is 17.2. The molecule has 1 heterocycles. The third-order valence-corrected chi connectivity index (χ3v) is 4.36. The molecule has 1 atom stereocenters. The Labute approximate surface area is 144 Å². The summed E-state index contributed by atoms with van der Waals surface area (Å²) in [6.07, 6.45) is 0.491. The van der Waals surface area contributed by atoms with Crippen LogP contribution in [-0.4, -0.2) is 24.4 Å². The second kappa shape index (κ2) is 6.61. The van der Waals surface area contributed by atoms with Crippen LogP contribution in [0.2, 0.25) is 5.02 Å². The van der Waals surface area contributed by atoms with E-state index in [9.17, 15) is 14.0 Å². The van der Waals surface area contributed by atoms with Crippen LogP contribution in [0.3, 0.4) is 0 Å². The molecule has 1 fully saturated rings. The zero-order valence-electron chi connectivity index (χ0n) is 13.1. The average molecular weight is 347 g/mol. The molecule has 4 nitrogen and oxygen atoms in total. The maximum Gasteiger partial charge on any atom is 0.253 e. The summed E-state index contributed by atoms with van der Waals surface area (Å²) in [7, 11) is 0. The number of anilines is 1. The van der Waals surface area contributed by atoms with Gasteiger partial charge in [0, 0.05) is 12.2 Å². The molecule has 1 saturated heterocycles. The molecule has 2 amide bonds. The molecule has 1 aliphatic rings. The van der Waals surface area contributed by atoms with Crippen LogP contribution in [0.4, 0.5) is 10.1 Å². The summed E-state index contributed by atoms with van der Waals surface area (Å²) < 4.78 is 13.3. The number of rotatable bonds is 3. The minimum absolute atomic E-state index is 0.0262. The van der Waals surface area contributed by atoms with E-state index in [1.165, 1.54) is 12.1 Å². The first-order valence-corrected chi connectivity index (χ1v) is 7.97. The van der Waals surface area contributed by atoms with E-state index in [2.05, 4.69) is 5.32 Å². The van der Waals surface area contributed by atoms with Crippen molar-refractivity contribution in [2.45, 2.75) is 19.4 Å². The van der Waals surface area contributed by atoms with Gasteiger partial charge >= 0.3 is 0 Å². The Balaban J connectivity index is 1.72. The minimum atomic E-state index is -0.641. The molecule has 0 spiro atoms. The second-order valence-corrected chi connectivity index (χ2v) is 6.17. The molecule has 3 rings (SSSR count). The number of benzene rings is 2. The van der Waals surface area contributed by atoms with Gasteiger partial charge < -0.3 is 10.2 Å². The van der Waals surface area contributed by atoms with Crippen molar-refractivity contribution < 1.29 is 14.0 Å². The highest BCUT2D eigenvalue weighted by molar-refractivity contribution is 6.33. The molecule has 1 N–H and O–H groups in total. The van der Waals surface area contributed by atoms with Gasteiger partial charge in [0.2, 0.25) is 5.91 Å². The van der Waals surface area contributed by atoms with E-state index < -0.39 is 17.8 Å². The molecule has 0 aliphatic carbocycles. The summed E-state index contributed by atoms with van der Waals surface area (Å²) in [5, 5.41) is 2.79. The van der Waals surface area contributed by atoms with Crippen molar-refractivity contribution in [1.29, 1.82) is 0 Å². The Hall–Kier alpha value is -2.40. The standard InChI is InChI=1S/C18H16ClFN2O2/c1-11-2-5-13(6-3-11)22-9-8-16(18(22)24)21-17(23)14-10-12(20)4-7-15(14)19/h2-7,10,16H,8-9H2,1H3,(H,21,23)/t16-/m0/s1. The molecule has 2 aromatic carbocycles. The zero-order valence-corrected chi connectivity index (χ0v) is 13.8. The fraction of sp³-hybridized carbons (Fsp3) is 0.222. The monoisotopic (exact) mass is 346 g/mol. The third-order valence-electron chi connectivity index (χ3n) is 4.03. The molecule has 124 valence electrons. The van der Waals surface area contributed by atoms with E-state index in [1.54, 1.807) is 4.90 Å². The summed E-state index contributed by atoms with van der Waals surface area (Å²) in [4.78, 5) is 26.4. The Kier molecular flexibility index (Phi) is 4.53. The van der Waals surface area contributed by atoms with Crippen LogP contribution in [0.5, 0.6) is 0 Å². The van der Waals surface area contributed by atoms with Gasteiger partial charge in [0.15, 0.2) is 0 Å². The molecule has 0 unspecified atom stereocenters. The lowest BCUT2D eigenvalue weighted by atomic mass is 10.1. The van der Waals surface area contributed by atoms with Crippen molar-refractivity contribution in [3.05, 3.63) is 64.4 Å². The zero-order chi connectivity index (χ0) is 17.3. The number of carbonyl (C=O) groups is 2. The summed E-state index contributed by atoms with van der Waals surface area (Å²) >= 11 is 5.93.